The van der Waals surface area contributed by atoms with Crippen molar-refractivity contribution in [2.75, 3.05) is 5.73 Å². The van der Waals surface area contributed by atoms with E-state index in [1.807, 2.05) is 6.92 Å². The Bertz CT molecular complexity index is 317. The van der Waals surface area contributed by atoms with Crippen LogP contribution in [0.15, 0.2) is 6.20 Å². The predicted molar refractivity (Wildman–Crippen MR) is 39.1 cm³/mol. The van der Waals surface area contributed by atoms with E-state index >= 15 is 0 Å². The predicted octanol–water partition coefficient (Wildman–Crippen LogP) is -0.256. The number of hydrogen-bond acceptors (Lipinski definition) is 4. The molecule has 5 nitrogen and oxygen atoms in total. The largest absolute Gasteiger partial charge is 0.423 e. The van der Waals surface area contributed by atoms with Gasteiger partial charge in [0.1, 0.15) is 5.82 Å². The molecule has 0 fully saturated rings. The second-order valence-corrected chi connectivity index (χ2v) is 2.16. The van der Waals surface area contributed by atoms with E-state index in [4.69, 9.17) is 16.4 Å². The highest BCUT2D eigenvalue weighted by molar-refractivity contribution is 5.36. The van der Waals surface area contributed by atoms with E-state index < -0.39 is 0 Å². The van der Waals surface area contributed by atoms with Gasteiger partial charge in [0, 0.05) is 11.8 Å². The SMILES string of the molecule is CCc1cnc(=N)n(O)c1N. The fraction of sp³-hybridized carbons (Fsp3) is 0.333. The Balaban J connectivity index is 3.37. The van der Waals surface area contributed by atoms with Gasteiger partial charge in [0.25, 0.3) is 5.62 Å². The summed E-state index contributed by atoms with van der Waals surface area (Å²) in [6.45, 7) is 1.90. The lowest BCUT2D eigenvalue weighted by Gasteiger charge is -2.04. The maximum atomic E-state index is 9.06. The molecule has 60 valence electrons. The summed E-state index contributed by atoms with van der Waals surface area (Å²) in [7, 11) is 0. The Morgan fingerprint density at radius 2 is 2.45 bits per heavy atom. The first-order valence-corrected chi connectivity index (χ1v) is 3.27. The zero-order chi connectivity index (χ0) is 8.43. The van der Waals surface area contributed by atoms with Crippen LogP contribution in [0, 0.1) is 5.41 Å². The molecule has 0 bridgehead atoms. The van der Waals surface area contributed by atoms with Crippen LogP contribution < -0.4 is 11.4 Å². The van der Waals surface area contributed by atoms with Gasteiger partial charge in [-0.15, -0.1) is 4.73 Å². The van der Waals surface area contributed by atoms with Crippen LogP contribution in [0.5, 0.6) is 0 Å². The van der Waals surface area contributed by atoms with Crippen LogP contribution in [0.4, 0.5) is 5.82 Å². The van der Waals surface area contributed by atoms with E-state index in [0.29, 0.717) is 11.2 Å². The van der Waals surface area contributed by atoms with Gasteiger partial charge < -0.3 is 10.9 Å². The Labute approximate surface area is 63.6 Å². The first kappa shape index (κ1) is 7.59. The number of aryl methyl sites for hydroxylation is 1. The molecule has 0 saturated heterocycles. The van der Waals surface area contributed by atoms with Crippen molar-refractivity contribution in [2.45, 2.75) is 13.3 Å². The molecule has 0 saturated carbocycles. The van der Waals surface area contributed by atoms with Gasteiger partial charge in [-0.05, 0) is 6.42 Å². The molecule has 0 aliphatic heterocycles. The van der Waals surface area contributed by atoms with Crippen LogP contribution in [0.3, 0.4) is 0 Å². The quantitative estimate of drug-likeness (QED) is 0.487. The van der Waals surface area contributed by atoms with E-state index in [9.17, 15) is 0 Å². The molecule has 1 heterocycles. The van der Waals surface area contributed by atoms with Gasteiger partial charge >= 0.3 is 0 Å². The van der Waals surface area contributed by atoms with E-state index in [1.165, 1.54) is 6.20 Å². The number of aromatic nitrogens is 2. The van der Waals surface area contributed by atoms with E-state index in [0.717, 1.165) is 5.56 Å². The molecule has 4 N–H and O–H groups in total. The highest BCUT2D eigenvalue weighted by Gasteiger charge is 2.01. The summed E-state index contributed by atoms with van der Waals surface area (Å²) in [5.41, 5.74) is 5.94. The van der Waals surface area contributed by atoms with E-state index in [2.05, 4.69) is 4.98 Å². The fourth-order valence-electron chi connectivity index (χ4n) is 0.782. The molecule has 0 unspecified atom stereocenters. The van der Waals surface area contributed by atoms with Gasteiger partial charge in [-0.1, -0.05) is 6.92 Å². The lowest BCUT2D eigenvalue weighted by molar-refractivity contribution is 0.171. The van der Waals surface area contributed by atoms with Crippen LogP contribution in [-0.4, -0.2) is 14.9 Å². The van der Waals surface area contributed by atoms with E-state index in [1.54, 1.807) is 0 Å². The Morgan fingerprint density at radius 3 is 3.00 bits per heavy atom. The molecule has 0 aliphatic rings. The molecule has 0 aromatic carbocycles. The zero-order valence-electron chi connectivity index (χ0n) is 6.20. The van der Waals surface area contributed by atoms with Crippen LogP contribution in [0.1, 0.15) is 12.5 Å². The molecule has 0 atom stereocenters. The molecule has 1 aromatic rings. The number of nitrogens with one attached hydrogen (secondary N) is 1. The smallest absolute Gasteiger partial charge is 0.257 e. The topological polar surface area (TPSA) is 87.9 Å². The van der Waals surface area contributed by atoms with Crippen molar-refractivity contribution in [3.8, 4) is 0 Å². The summed E-state index contributed by atoms with van der Waals surface area (Å²) >= 11 is 0. The summed E-state index contributed by atoms with van der Waals surface area (Å²) in [6, 6.07) is 0. The minimum absolute atomic E-state index is 0.188. The Hall–Kier alpha value is -1.52. The van der Waals surface area contributed by atoms with Crippen molar-refractivity contribution in [3.63, 3.8) is 0 Å². The Morgan fingerprint density at radius 1 is 1.82 bits per heavy atom. The molecular formula is C6H10N4O. The van der Waals surface area contributed by atoms with E-state index in [-0.39, 0.29) is 11.4 Å². The summed E-state index contributed by atoms with van der Waals surface area (Å²) in [6.07, 6.45) is 2.18. The van der Waals surface area contributed by atoms with Crippen molar-refractivity contribution in [3.05, 3.63) is 17.4 Å². The number of nitrogen functional groups attached to an aromatic ring is 1. The third-order valence-corrected chi connectivity index (χ3v) is 1.48. The second kappa shape index (κ2) is 2.61. The average molecular weight is 154 g/mol. The fourth-order valence-corrected chi connectivity index (χ4v) is 0.782. The first-order chi connectivity index (χ1) is 5.16. The van der Waals surface area contributed by atoms with Crippen LogP contribution >= 0.6 is 0 Å². The minimum Gasteiger partial charge on any atom is -0.423 e. The van der Waals surface area contributed by atoms with Crippen molar-refractivity contribution in [1.82, 2.24) is 9.71 Å². The molecule has 1 rings (SSSR count). The number of nitrogens with two attached hydrogens (primary N) is 1. The standard InChI is InChI=1S/C6H10N4O/c1-2-4-3-9-6(8)10(11)5(4)7/h3,8,11H,2,7H2,1H3. The number of hydrogen-bond donors (Lipinski definition) is 3. The minimum atomic E-state index is -0.250. The molecule has 0 radical (unpaired) electrons. The molecule has 5 heteroatoms. The third-order valence-electron chi connectivity index (χ3n) is 1.48. The molecule has 0 amide bonds. The maximum Gasteiger partial charge on any atom is 0.257 e. The van der Waals surface area contributed by atoms with Crippen LogP contribution in [-0.2, 0) is 6.42 Å². The summed E-state index contributed by atoms with van der Waals surface area (Å²) in [5, 5.41) is 16.1. The second-order valence-electron chi connectivity index (χ2n) is 2.16. The number of nitrogens with zero attached hydrogens (tertiary/aromatic N) is 2. The highest BCUT2D eigenvalue weighted by Crippen LogP contribution is 2.05. The number of anilines is 1. The van der Waals surface area contributed by atoms with Gasteiger partial charge in [0.05, 0.1) is 0 Å². The maximum absolute atomic E-state index is 9.06. The van der Waals surface area contributed by atoms with Gasteiger partial charge in [-0.2, -0.15) is 0 Å². The Kier molecular flexibility index (Phi) is 1.80. The first-order valence-electron chi connectivity index (χ1n) is 3.27. The van der Waals surface area contributed by atoms with Crippen molar-refractivity contribution in [1.29, 1.82) is 5.41 Å². The third kappa shape index (κ3) is 1.17. The normalized spacial score (nSPS) is 9.91. The molecular weight excluding hydrogens is 144 g/mol. The molecule has 11 heavy (non-hydrogen) atoms. The number of rotatable bonds is 1. The van der Waals surface area contributed by atoms with Crippen LogP contribution in [0.2, 0.25) is 0 Å². The lowest BCUT2D eigenvalue weighted by atomic mass is 10.2. The summed E-state index contributed by atoms with van der Waals surface area (Å²) in [4.78, 5) is 3.61. The average Bonchev–Trinajstić information content (AvgIpc) is 2.01. The van der Waals surface area contributed by atoms with Gasteiger partial charge in [0.15, 0.2) is 0 Å². The molecule has 0 aliphatic carbocycles. The van der Waals surface area contributed by atoms with Gasteiger partial charge in [-0.25, -0.2) is 4.98 Å². The summed E-state index contributed by atoms with van der Waals surface area (Å²) < 4.78 is 0.568. The van der Waals surface area contributed by atoms with Crippen molar-refractivity contribution >= 4 is 5.82 Å². The summed E-state index contributed by atoms with van der Waals surface area (Å²) in [5.74, 6) is 0.188. The van der Waals surface area contributed by atoms with Crippen LogP contribution in [0.25, 0.3) is 0 Å². The van der Waals surface area contributed by atoms with Gasteiger partial charge in [-0.3, -0.25) is 5.41 Å². The molecule has 0 spiro atoms. The highest BCUT2D eigenvalue weighted by atomic mass is 16.5. The molecule has 1 aromatic heterocycles. The monoisotopic (exact) mass is 154 g/mol. The van der Waals surface area contributed by atoms with Crippen molar-refractivity contribution < 1.29 is 5.21 Å². The lowest BCUT2D eigenvalue weighted by Crippen LogP contribution is -2.24. The zero-order valence-corrected chi connectivity index (χ0v) is 6.20. The van der Waals surface area contributed by atoms with Gasteiger partial charge in [0.2, 0.25) is 0 Å². The van der Waals surface area contributed by atoms with Crippen molar-refractivity contribution in [2.24, 2.45) is 0 Å².